The Morgan fingerprint density at radius 2 is 1.71 bits per heavy atom. The summed E-state index contributed by atoms with van der Waals surface area (Å²) in [6, 6.07) is 15.8. The van der Waals surface area contributed by atoms with Gasteiger partial charge in [-0.25, -0.2) is 0 Å². The molecule has 0 N–H and O–H groups in total. The number of anilines is 1. The fourth-order valence-corrected chi connectivity index (χ4v) is 4.89. The number of piperidine rings is 1. The molecule has 146 valence electrons. The summed E-state index contributed by atoms with van der Waals surface area (Å²) in [7, 11) is 0. The summed E-state index contributed by atoms with van der Waals surface area (Å²) in [6.07, 6.45) is 3.04. The zero-order valence-electron chi connectivity index (χ0n) is 16.3. The molecule has 0 spiro atoms. The van der Waals surface area contributed by atoms with Crippen LogP contribution in [-0.4, -0.2) is 42.1 Å². The highest BCUT2D eigenvalue weighted by molar-refractivity contribution is 8.00. The van der Waals surface area contributed by atoms with Crippen LogP contribution >= 0.6 is 11.8 Å². The second-order valence-corrected chi connectivity index (χ2v) is 8.70. The number of thioether (sulfide) groups is 1. The van der Waals surface area contributed by atoms with Crippen molar-refractivity contribution < 1.29 is 9.59 Å². The van der Waals surface area contributed by atoms with E-state index in [2.05, 4.69) is 13.0 Å². The van der Waals surface area contributed by atoms with E-state index in [-0.39, 0.29) is 11.8 Å². The van der Waals surface area contributed by atoms with Crippen LogP contribution in [0, 0.1) is 5.92 Å². The van der Waals surface area contributed by atoms with E-state index in [4.69, 9.17) is 0 Å². The lowest BCUT2D eigenvalue weighted by molar-refractivity contribution is -0.116. The Hall–Kier alpha value is -2.27. The number of hydrogen-bond acceptors (Lipinski definition) is 3. The van der Waals surface area contributed by atoms with Gasteiger partial charge in [0.2, 0.25) is 5.91 Å². The summed E-state index contributed by atoms with van der Waals surface area (Å²) in [5, 5.41) is 0. The van der Waals surface area contributed by atoms with Gasteiger partial charge in [-0.15, -0.1) is 11.8 Å². The van der Waals surface area contributed by atoms with Gasteiger partial charge in [0, 0.05) is 30.2 Å². The molecule has 2 aliphatic heterocycles. The molecule has 0 unspecified atom stereocenters. The average Bonchev–Trinajstić information content (AvgIpc) is 3.16. The van der Waals surface area contributed by atoms with Gasteiger partial charge in [0.25, 0.3) is 5.91 Å². The SMILES string of the molecule is CC1CCN(C(=O)c2ccccc2SCC(=O)N2CCc3ccccc32)CC1. The van der Waals surface area contributed by atoms with Crippen LogP contribution in [0.5, 0.6) is 0 Å². The summed E-state index contributed by atoms with van der Waals surface area (Å²) in [5.74, 6) is 1.22. The van der Waals surface area contributed by atoms with E-state index in [0.717, 1.165) is 55.0 Å². The quantitative estimate of drug-likeness (QED) is 0.729. The molecule has 5 heteroatoms. The lowest BCUT2D eigenvalue weighted by Crippen LogP contribution is -2.38. The zero-order valence-corrected chi connectivity index (χ0v) is 17.1. The Morgan fingerprint density at radius 3 is 2.54 bits per heavy atom. The highest BCUT2D eigenvalue weighted by atomic mass is 32.2. The van der Waals surface area contributed by atoms with Crippen LogP contribution in [0.4, 0.5) is 5.69 Å². The topological polar surface area (TPSA) is 40.6 Å². The first-order valence-corrected chi connectivity index (χ1v) is 11.0. The number of para-hydroxylation sites is 1. The zero-order chi connectivity index (χ0) is 19.5. The highest BCUT2D eigenvalue weighted by Crippen LogP contribution is 2.30. The average molecular weight is 395 g/mol. The minimum Gasteiger partial charge on any atom is -0.339 e. The Kier molecular flexibility index (Phi) is 5.72. The third-order valence-electron chi connectivity index (χ3n) is 5.73. The summed E-state index contributed by atoms with van der Waals surface area (Å²) in [4.78, 5) is 30.5. The van der Waals surface area contributed by atoms with Crippen molar-refractivity contribution in [3.8, 4) is 0 Å². The molecule has 0 aliphatic carbocycles. The fourth-order valence-electron chi connectivity index (χ4n) is 3.97. The Morgan fingerprint density at radius 1 is 1.00 bits per heavy atom. The molecular formula is C23H26N2O2S. The summed E-state index contributed by atoms with van der Waals surface area (Å²) < 4.78 is 0. The maximum atomic E-state index is 13.0. The van der Waals surface area contributed by atoms with Crippen LogP contribution in [-0.2, 0) is 11.2 Å². The van der Waals surface area contributed by atoms with E-state index in [1.165, 1.54) is 17.3 Å². The molecule has 28 heavy (non-hydrogen) atoms. The van der Waals surface area contributed by atoms with E-state index < -0.39 is 0 Å². The van der Waals surface area contributed by atoms with Gasteiger partial charge in [0.15, 0.2) is 0 Å². The maximum absolute atomic E-state index is 13.0. The van der Waals surface area contributed by atoms with Gasteiger partial charge in [-0.1, -0.05) is 37.3 Å². The van der Waals surface area contributed by atoms with Crippen molar-refractivity contribution in [2.75, 3.05) is 30.3 Å². The first-order chi connectivity index (χ1) is 13.6. The van der Waals surface area contributed by atoms with Gasteiger partial charge < -0.3 is 9.80 Å². The van der Waals surface area contributed by atoms with Gasteiger partial charge in [0.05, 0.1) is 11.3 Å². The molecule has 0 atom stereocenters. The van der Waals surface area contributed by atoms with Crippen LogP contribution in [0.1, 0.15) is 35.7 Å². The summed E-state index contributed by atoms with van der Waals surface area (Å²) >= 11 is 1.47. The first-order valence-electron chi connectivity index (χ1n) is 10.0. The van der Waals surface area contributed by atoms with E-state index in [1.54, 1.807) is 0 Å². The molecule has 1 fully saturated rings. The molecule has 2 aromatic rings. The third-order valence-corrected chi connectivity index (χ3v) is 6.79. The Balaban J connectivity index is 1.43. The third kappa shape index (κ3) is 3.95. The second kappa shape index (κ2) is 8.39. The van der Waals surface area contributed by atoms with Crippen molar-refractivity contribution in [1.29, 1.82) is 0 Å². The minimum atomic E-state index is 0.0916. The van der Waals surface area contributed by atoms with E-state index in [9.17, 15) is 9.59 Å². The maximum Gasteiger partial charge on any atom is 0.254 e. The van der Waals surface area contributed by atoms with Crippen molar-refractivity contribution in [2.24, 2.45) is 5.92 Å². The van der Waals surface area contributed by atoms with E-state index in [1.807, 2.05) is 52.3 Å². The number of hydrogen-bond donors (Lipinski definition) is 0. The van der Waals surface area contributed by atoms with Gasteiger partial charge in [-0.2, -0.15) is 0 Å². The lowest BCUT2D eigenvalue weighted by atomic mass is 9.98. The molecule has 0 radical (unpaired) electrons. The number of benzene rings is 2. The predicted molar refractivity (Wildman–Crippen MR) is 114 cm³/mol. The van der Waals surface area contributed by atoms with Crippen molar-refractivity contribution in [1.82, 2.24) is 4.90 Å². The van der Waals surface area contributed by atoms with Gasteiger partial charge in [0.1, 0.15) is 0 Å². The molecule has 2 amide bonds. The van der Waals surface area contributed by atoms with Crippen molar-refractivity contribution in [3.05, 3.63) is 59.7 Å². The molecule has 0 aromatic heterocycles. The molecule has 2 aromatic carbocycles. The first kappa shape index (κ1) is 19.1. The lowest BCUT2D eigenvalue weighted by Gasteiger charge is -2.30. The largest absolute Gasteiger partial charge is 0.339 e. The van der Waals surface area contributed by atoms with Crippen LogP contribution < -0.4 is 4.90 Å². The van der Waals surface area contributed by atoms with Crippen molar-refractivity contribution >= 4 is 29.3 Å². The fraction of sp³-hybridized carbons (Fsp3) is 0.391. The molecule has 4 nitrogen and oxygen atoms in total. The second-order valence-electron chi connectivity index (χ2n) is 7.68. The van der Waals surface area contributed by atoms with Crippen molar-refractivity contribution in [3.63, 3.8) is 0 Å². The Labute approximate surface area is 170 Å². The number of nitrogens with zero attached hydrogens (tertiary/aromatic N) is 2. The minimum absolute atomic E-state index is 0.0916. The number of carbonyl (C=O) groups is 2. The monoisotopic (exact) mass is 394 g/mol. The molecule has 0 saturated carbocycles. The van der Waals surface area contributed by atoms with E-state index >= 15 is 0 Å². The van der Waals surface area contributed by atoms with E-state index in [0.29, 0.717) is 11.7 Å². The van der Waals surface area contributed by atoms with Gasteiger partial charge in [-0.05, 0) is 48.9 Å². The highest BCUT2D eigenvalue weighted by Gasteiger charge is 2.26. The van der Waals surface area contributed by atoms with Crippen LogP contribution in [0.15, 0.2) is 53.4 Å². The number of carbonyl (C=O) groups excluding carboxylic acids is 2. The number of fused-ring (bicyclic) bond motifs is 1. The normalized spacial score (nSPS) is 16.9. The molecule has 2 aliphatic rings. The molecule has 4 rings (SSSR count). The molecule has 1 saturated heterocycles. The number of amides is 2. The predicted octanol–water partition coefficient (Wildman–Crippen LogP) is 4.24. The van der Waals surface area contributed by atoms with Gasteiger partial charge >= 0.3 is 0 Å². The molecule has 2 heterocycles. The number of likely N-dealkylation sites (tertiary alicyclic amines) is 1. The molecular weight excluding hydrogens is 368 g/mol. The van der Waals surface area contributed by atoms with Crippen LogP contribution in [0.3, 0.4) is 0 Å². The Bertz CT molecular complexity index is 874. The van der Waals surface area contributed by atoms with Gasteiger partial charge in [-0.3, -0.25) is 9.59 Å². The van der Waals surface area contributed by atoms with Crippen molar-refractivity contribution in [2.45, 2.75) is 31.1 Å². The standard InChI is InChI=1S/C23H26N2O2S/c1-17-10-13-24(14-11-17)23(27)19-7-3-5-9-21(19)28-16-22(26)25-15-12-18-6-2-4-8-20(18)25/h2-9,17H,10-16H2,1H3. The number of rotatable bonds is 4. The summed E-state index contributed by atoms with van der Waals surface area (Å²) in [6.45, 7) is 4.63. The van der Waals surface area contributed by atoms with Crippen LogP contribution in [0.25, 0.3) is 0 Å². The smallest absolute Gasteiger partial charge is 0.254 e. The van der Waals surface area contributed by atoms with Crippen LogP contribution in [0.2, 0.25) is 0 Å². The molecule has 0 bridgehead atoms. The summed E-state index contributed by atoms with van der Waals surface area (Å²) in [5.41, 5.74) is 2.98.